The molecule has 6 rings (SSSR count). The monoisotopic (exact) mass is 450 g/mol. The minimum atomic E-state index is 0.246. The van der Waals surface area contributed by atoms with Crippen LogP contribution < -0.4 is 4.90 Å². The summed E-state index contributed by atoms with van der Waals surface area (Å²) >= 11 is 1.83. The molecule has 1 aliphatic heterocycles. The average molecular weight is 451 g/mol. The SMILES string of the molecule is O=C(C1CCCCC1)N1CCN(c2nc(-c3ccco3)nc3sc4c(c23)CCCC4)CC1. The lowest BCUT2D eigenvalue weighted by Crippen LogP contribution is -2.51. The second-order valence-electron chi connectivity index (χ2n) is 9.39. The number of thiophene rings is 1. The normalized spacial score (nSPS) is 20.0. The Morgan fingerprint density at radius 3 is 2.59 bits per heavy atom. The lowest BCUT2D eigenvalue weighted by atomic mass is 9.88. The van der Waals surface area contributed by atoms with Gasteiger partial charge in [0.2, 0.25) is 5.91 Å². The van der Waals surface area contributed by atoms with Gasteiger partial charge < -0.3 is 14.2 Å². The van der Waals surface area contributed by atoms with Crippen LogP contribution in [0.5, 0.6) is 0 Å². The molecule has 32 heavy (non-hydrogen) atoms. The third-order valence-corrected chi connectivity index (χ3v) is 8.57. The molecule has 7 heteroatoms. The number of rotatable bonds is 3. The van der Waals surface area contributed by atoms with Crippen LogP contribution in [-0.4, -0.2) is 47.0 Å². The lowest BCUT2D eigenvalue weighted by Gasteiger charge is -2.38. The van der Waals surface area contributed by atoms with E-state index in [1.807, 2.05) is 23.5 Å². The van der Waals surface area contributed by atoms with Gasteiger partial charge in [-0.25, -0.2) is 9.97 Å². The van der Waals surface area contributed by atoms with Crippen LogP contribution in [0.15, 0.2) is 22.8 Å². The summed E-state index contributed by atoms with van der Waals surface area (Å²) in [4.78, 5) is 30.0. The molecular weight excluding hydrogens is 420 g/mol. The van der Waals surface area contributed by atoms with E-state index in [0.29, 0.717) is 17.5 Å². The maximum Gasteiger partial charge on any atom is 0.225 e. The van der Waals surface area contributed by atoms with Crippen LogP contribution in [0.2, 0.25) is 0 Å². The quantitative estimate of drug-likeness (QED) is 0.558. The lowest BCUT2D eigenvalue weighted by molar-refractivity contribution is -0.136. The van der Waals surface area contributed by atoms with E-state index in [4.69, 9.17) is 14.4 Å². The fourth-order valence-corrected chi connectivity index (χ4v) is 6.89. The standard InChI is InChI=1S/C25H30N4O2S/c30-25(17-7-2-1-3-8-17)29-14-12-28(13-15-29)23-21-18-9-4-5-11-20(18)32-24(21)27-22(26-23)19-10-6-16-31-19/h6,10,16-17H,1-5,7-9,11-15H2. The zero-order valence-corrected chi connectivity index (χ0v) is 19.3. The Labute approximate surface area is 192 Å². The second kappa shape index (κ2) is 8.50. The number of carbonyl (C=O) groups excluding carboxylic acids is 1. The summed E-state index contributed by atoms with van der Waals surface area (Å²) in [6, 6.07) is 3.82. The predicted octanol–water partition coefficient (Wildman–Crippen LogP) is 5.06. The maximum absolute atomic E-state index is 13.0. The van der Waals surface area contributed by atoms with E-state index < -0.39 is 0 Å². The summed E-state index contributed by atoms with van der Waals surface area (Å²) in [5.41, 5.74) is 1.46. The number of aryl methyl sites for hydroxylation is 2. The van der Waals surface area contributed by atoms with E-state index in [1.54, 1.807) is 6.26 Å². The molecule has 0 radical (unpaired) electrons. The van der Waals surface area contributed by atoms with E-state index in [9.17, 15) is 4.79 Å². The summed E-state index contributed by atoms with van der Waals surface area (Å²) in [5, 5.41) is 1.24. The summed E-state index contributed by atoms with van der Waals surface area (Å²) in [6.07, 6.45) is 12.3. The molecule has 3 aromatic heterocycles. The summed E-state index contributed by atoms with van der Waals surface area (Å²) in [7, 11) is 0. The van der Waals surface area contributed by atoms with Crippen molar-refractivity contribution in [3.8, 4) is 11.6 Å². The summed E-state index contributed by atoms with van der Waals surface area (Å²) in [6.45, 7) is 3.21. The number of carbonyl (C=O) groups is 1. The van der Waals surface area contributed by atoms with Gasteiger partial charge in [0.1, 0.15) is 10.6 Å². The van der Waals surface area contributed by atoms with E-state index in [-0.39, 0.29) is 5.92 Å². The molecule has 0 aromatic carbocycles. The fourth-order valence-electron chi connectivity index (χ4n) is 5.63. The van der Waals surface area contributed by atoms with Crippen molar-refractivity contribution in [2.75, 3.05) is 31.1 Å². The van der Waals surface area contributed by atoms with Gasteiger partial charge in [0.15, 0.2) is 11.6 Å². The first-order valence-corrected chi connectivity index (χ1v) is 13.0. The van der Waals surface area contributed by atoms with Gasteiger partial charge in [-0.05, 0) is 56.2 Å². The van der Waals surface area contributed by atoms with Crippen LogP contribution in [0.3, 0.4) is 0 Å². The molecule has 0 spiro atoms. The molecule has 1 saturated carbocycles. The molecule has 168 valence electrons. The van der Waals surface area contributed by atoms with Gasteiger partial charge >= 0.3 is 0 Å². The Morgan fingerprint density at radius 2 is 1.81 bits per heavy atom. The first kappa shape index (κ1) is 20.2. The fraction of sp³-hybridized carbons (Fsp3) is 0.560. The Bertz CT molecular complexity index is 1110. The Balaban J connectivity index is 1.31. The topological polar surface area (TPSA) is 62.5 Å². The van der Waals surface area contributed by atoms with Gasteiger partial charge in [-0.15, -0.1) is 11.3 Å². The Kier molecular flexibility index (Phi) is 5.37. The molecule has 1 amide bonds. The first-order valence-electron chi connectivity index (χ1n) is 12.2. The largest absolute Gasteiger partial charge is 0.461 e. The van der Waals surface area contributed by atoms with Crippen molar-refractivity contribution < 1.29 is 9.21 Å². The molecule has 2 fully saturated rings. The van der Waals surface area contributed by atoms with Gasteiger partial charge in [-0.1, -0.05) is 19.3 Å². The zero-order valence-electron chi connectivity index (χ0n) is 18.5. The molecule has 0 N–H and O–H groups in total. The highest BCUT2D eigenvalue weighted by molar-refractivity contribution is 7.19. The van der Waals surface area contributed by atoms with Gasteiger partial charge in [-0.2, -0.15) is 0 Å². The van der Waals surface area contributed by atoms with Crippen molar-refractivity contribution in [2.45, 2.75) is 57.8 Å². The van der Waals surface area contributed by atoms with E-state index in [1.165, 1.54) is 47.9 Å². The van der Waals surface area contributed by atoms with Crippen LogP contribution in [-0.2, 0) is 17.6 Å². The number of fused-ring (bicyclic) bond motifs is 3. The number of aromatic nitrogens is 2. The van der Waals surface area contributed by atoms with Crippen molar-refractivity contribution in [3.63, 3.8) is 0 Å². The van der Waals surface area contributed by atoms with Gasteiger partial charge in [0.05, 0.1) is 11.6 Å². The molecule has 2 aliphatic carbocycles. The van der Waals surface area contributed by atoms with E-state index in [0.717, 1.165) is 62.5 Å². The van der Waals surface area contributed by atoms with Gasteiger partial charge in [0.25, 0.3) is 0 Å². The molecular formula is C25H30N4O2S. The smallest absolute Gasteiger partial charge is 0.225 e. The molecule has 0 bridgehead atoms. The predicted molar refractivity (Wildman–Crippen MR) is 127 cm³/mol. The van der Waals surface area contributed by atoms with E-state index in [2.05, 4.69) is 9.80 Å². The molecule has 1 saturated heterocycles. The van der Waals surface area contributed by atoms with Crippen LogP contribution >= 0.6 is 11.3 Å². The highest BCUT2D eigenvalue weighted by atomic mass is 32.1. The molecule has 0 unspecified atom stereocenters. The van der Waals surface area contributed by atoms with Crippen LogP contribution in [0.4, 0.5) is 5.82 Å². The molecule has 4 heterocycles. The number of hydrogen-bond donors (Lipinski definition) is 0. The van der Waals surface area contributed by atoms with Crippen molar-refractivity contribution >= 4 is 33.3 Å². The third-order valence-electron chi connectivity index (χ3n) is 7.38. The minimum absolute atomic E-state index is 0.246. The second-order valence-corrected chi connectivity index (χ2v) is 10.5. The van der Waals surface area contributed by atoms with Crippen LogP contribution in [0.25, 0.3) is 21.8 Å². The highest BCUT2D eigenvalue weighted by Gasteiger charge is 2.31. The number of piperazine rings is 1. The van der Waals surface area contributed by atoms with Crippen LogP contribution in [0.1, 0.15) is 55.4 Å². The summed E-state index contributed by atoms with van der Waals surface area (Å²) < 4.78 is 5.64. The number of hydrogen-bond acceptors (Lipinski definition) is 6. The molecule has 6 nitrogen and oxygen atoms in total. The average Bonchev–Trinajstić information content (AvgIpc) is 3.52. The van der Waals surface area contributed by atoms with Crippen LogP contribution in [0, 0.1) is 5.92 Å². The number of nitrogens with zero attached hydrogens (tertiary/aromatic N) is 4. The number of furan rings is 1. The number of amides is 1. The van der Waals surface area contributed by atoms with Gasteiger partial charge in [-0.3, -0.25) is 4.79 Å². The molecule has 0 atom stereocenters. The zero-order chi connectivity index (χ0) is 21.5. The van der Waals surface area contributed by atoms with Crippen molar-refractivity contribution in [1.82, 2.24) is 14.9 Å². The molecule has 3 aromatic rings. The maximum atomic E-state index is 13.0. The summed E-state index contributed by atoms with van der Waals surface area (Å²) in [5.74, 6) is 3.03. The number of anilines is 1. The first-order chi connectivity index (χ1) is 15.8. The Morgan fingerprint density at radius 1 is 1.00 bits per heavy atom. The van der Waals surface area contributed by atoms with E-state index >= 15 is 0 Å². The van der Waals surface area contributed by atoms with Crippen molar-refractivity contribution in [1.29, 1.82) is 0 Å². The van der Waals surface area contributed by atoms with Crippen molar-refractivity contribution in [3.05, 3.63) is 28.8 Å². The minimum Gasteiger partial charge on any atom is -0.461 e. The highest BCUT2D eigenvalue weighted by Crippen LogP contribution is 2.41. The Hall–Kier alpha value is -2.41. The molecule has 3 aliphatic rings. The van der Waals surface area contributed by atoms with Gasteiger partial charge in [0, 0.05) is 37.0 Å². The third kappa shape index (κ3) is 3.60. The van der Waals surface area contributed by atoms with Crippen molar-refractivity contribution in [2.24, 2.45) is 5.92 Å².